The van der Waals surface area contributed by atoms with Gasteiger partial charge in [0, 0.05) is 23.5 Å². The Morgan fingerprint density at radius 2 is 1.72 bits per heavy atom. The summed E-state index contributed by atoms with van der Waals surface area (Å²) in [6.45, 7) is 4.47. The maximum atomic E-state index is 14.9. The highest BCUT2D eigenvalue weighted by molar-refractivity contribution is 5.54. The van der Waals surface area contributed by atoms with Crippen molar-refractivity contribution in [2.75, 3.05) is 6.61 Å². The molecule has 1 fully saturated rings. The van der Waals surface area contributed by atoms with Crippen LogP contribution in [-0.4, -0.2) is 12.7 Å². The topological polar surface area (TPSA) is 18.5 Å². The number of halogens is 3. The van der Waals surface area contributed by atoms with Gasteiger partial charge in [-0.05, 0) is 42.9 Å². The van der Waals surface area contributed by atoms with Crippen LogP contribution >= 0.6 is 0 Å². The van der Waals surface area contributed by atoms with Crippen LogP contribution in [-0.2, 0) is 17.6 Å². The number of hydrogen-bond acceptors (Lipinski definition) is 2. The van der Waals surface area contributed by atoms with E-state index in [1.807, 2.05) is 13.0 Å². The number of aryl methyl sites for hydroxylation is 1. The molecule has 2 aliphatic heterocycles. The van der Waals surface area contributed by atoms with Crippen LogP contribution in [0.25, 0.3) is 0 Å². The number of fused-ring (bicyclic) bond motifs is 2. The second-order valence-electron chi connectivity index (χ2n) is 8.16. The van der Waals surface area contributed by atoms with Crippen molar-refractivity contribution in [1.29, 1.82) is 0 Å². The molecule has 2 atom stereocenters. The Kier molecular flexibility index (Phi) is 5.86. The lowest BCUT2D eigenvalue weighted by Crippen LogP contribution is -2.25. The molecule has 1 saturated heterocycles. The van der Waals surface area contributed by atoms with Crippen LogP contribution in [0.15, 0.2) is 18.2 Å². The maximum Gasteiger partial charge on any atom is 0.201 e. The Bertz CT molecular complexity index is 902. The largest absolute Gasteiger partial charge is 0.450 e. The van der Waals surface area contributed by atoms with Crippen molar-refractivity contribution in [2.24, 2.45) is 0 Å². The lowest BCUT2D eigenvalue weighted by Gasteiger charge is -2.30. The average Bonchev–Trinajstić information content (AvgIpc) is 2.73. The fraction of sp³-hybridized carbons (Fsp3) is 0.500. The lowest BCUT2D eigenvalue weighted by molar-refractivity contribution is -0.00185. The Labute approximate surface area is 170 Å². The third kappa shape index (κ3) is 3.77. The zero-order valence-electron chi connectivity index (χ0n) is 17.0. The van der Waals surface area contributed by atoms with Crippen molar-refractivity contribution in [3.05, 3.63) is 57.9 Å². The molecular weight excluding hydrogens is 377 g/mol. The Morgan fingerprint density at radius 1 is 0.931 bits per heavy atom. The minimum Gasteiger partial charge on any atom is -0.450 e. The normalized spacial score (nSPS) is 20.7. The summed E-state index contributed by atoms with van der Waals surface area (Å²) in [5.41, 5.74) is 2.10. The molecule has 0 saturated carbocycles. The van der Waals surface area contributed by atoms with Crippen LogP contribution in [0, 0.1) is 17.5 Å². The van der Waals surface area contributed by atoms with E-state index < -0.39 is 17.5 Å². The number of rotatable bonds is 5. The van der Waals surface area contributed by atoms with Crippen LogP contribution in [0.3, 0.4) is 0 Å². The van der Waals surface area contributed by atoms with Crippen LogP contribution in [0.4, 0.5) is 13.2 Å². The smallest absolute Gasteiger partial charge is 0.201 e. The molecule has 29 heavy (non-hydrogen) atoms. The van der Waals surface area contributed by atoms with E-state index in [1.165, 1.54) is 0 Å². The van der Waals surface area contributed by atoms with E-state index in [1.54, 1.807) is 12.1 Å². The van der Waals surface area contributed by atoms with E-state index in [4.69, 9.17) is 9.47 Å². The van der Waals surface area contributed by atoms with E-state index in [2.05, 4.69) is 6.92 Å². The molecular formula is C24H27F3O2. The summed E-state index contributed by atoms with van der Waals surface area (Å²) >= 11 is 0. The van der Waals surface area contributed by atoms with Crippen LogP contribution in [0.2, 0.25) is 0 Å². The molecule has 0 aliphatic carbocycles. The fourth-order valence-corrected chi connectivity index (χ4v) is 4.48. The quantitative estimate of drug-likeness (QED) is 0.465. The molecule has 156 valence electrons. The zero-order chi connectivity index (χ0) is 20.5. The summed E-state index contributed by atoms with van der Waals surface area (Å²) in [7, 11) is 0. The second kappa shape index (κ2) is 8.39. The number of hydrogen-bond donors (Lipinski definition) is 0. The highest BCUT2D eigenvalue weighted by Gasteiger charge is 2.32. The molecule has 0 spiro atoms. The third-order valence-electron chi connectivity index (χ3n) is 6.05. The zero-order valence-corrected chi connectivity index (χ0v) is 17.0. The monoisotopic (exact) mass is 404 g/mol. The summed E-state index contributed by atoms with van der Waals surface area (Å²) in [5, 5.41) is 0. The van der Waals surface area contributed by atoms with Gasteiger partial charge in [-0.3, -0.25) is 0 Å². The minimum absolute atomic E-state index is 0.0258. The molecule has 2 aliphatic rings. The molecule has 2 aromatic carbocycles. The Hall–Kier alpha value is -2.01. The first kappa shape index (κ1) is 20.3. The molecule has 2 nitrogen and oxygen atoms in total. The molecule has 0 amide bonds. The molecule has 2 unspecified atom stereocenters. The van der Waals surface area contributed by atoms with Crippen molar-refractivity contribution < 1.29 is 22.6 Å². The third-order valence-corrected chi connectivity index (χ3v) is 6.05. The maximum absolute atomic E-state index is 14.9. The van der Waals surface area contributed by atoms with Crippen molar-refractivity contribution in [1.82, 2.24) is 0 Å². The van der Waals surface area contributed by atoms with Crippen molar-refractivity contribution in [2.45, 2.75) is 70.8 Å². The molecule has 2 heterocycles. The van der Waals surface area contributed by atoms with Gasteiger partial charge in [0.2, 0.25) is 5.82 Å². The van der Waals surface area contributed by atoms with Crippen molar-refractivity contribution in [3.63, 3.8) is 0 Å². The fourth-order valence-electron chi connectivity index (χ4n) is 4.48. The van der Waals surface area contributed by atoms with Gasteiger partial charge in [0.25, 0.3) is 0 Å². The van der Waals surface area contributed by atoms with Gasteiger partial charge in [-0.25, -0.2) is 8.78 Å². The van der Waals surface area contributed by atoms with Gasteiger partial charge in [0.1, 0.15) is 0 Å². The molecule has 0 aromatic heterocycles. The van der Waals surface area contributed by atoms with E-state index >= 15 is 0 Å². The molecule has 0 bridgehead atoms. The lowest BCUT2D eigenvalue weighted by atomic mass is 9.87. The molecule has 5 heteroatoms. The van der Waals surface area contributed by atoms with Crippen LogP contribution in [0.5, 0.6) is 11.5 Å². The highest BCUT2D eigenvalue weighted by Crippen LogP contribution is 2.44. The summed E-state index contributed by atoms with van der Waals surface area (Å²) in [4.78, 5) is 0. The number of ether oxygens (including phenoxy) is 2. The SMILES string of the molecule is CCCc1ccc2c(c1F)Oc1c(cc(C3CCC(CCC)OC3)c(F)c1F)C2. The molecule has 0 radical (unpaired) electrons. The molecule has 2 aromatic rings. The van der Waals surface area contributed by atoms with E-state index in [0.717, 1.165) is 32.1 Å². The summed E-state index contributed by atoms with van der Waals surface area (Å²) in [6.07, 6.45) is 5.55. The predicted molar refractivity (Wildman–Crippen MR) is 106 cm³/mol. The highest BCUT2D eigenvalue weighted by atomic mass is 19.2. The number of benzene rings is 2. The van der Waals surface area contributed by atoms with E-state index in [-0.39, 0.29) is 23.5 Å². The van der Waals surface area contributed by atoms with Gasteiger partial charge >= 0.3 is 0 Å². The molecule has 4 rings (SSSR count). The van der Waals surface area contributed by atoms with Gasteiger partial charge < -0.3 is 9.47 Å². The second-order valence-corrected chi connectivity index (χ2v) is 8.16. The standard InChI is InChI=1S/C24H27F3O2/c1-3-5-14-7-8-15-11-17-12-19(16-9-10-18(6-4-2)28-13-16)21(26)22(27)24(17)29-23(15)20(14)25/h7-8,12,16,18H,3-6,9-11,13H2,1-2H3. The Morgan fingerprint density at radius 3 is 2.41 bits per heavy atom. The van der Waals surface area contributed by atoms with Crippen molar-refractivity contribution >= 4 is 0 Å². The average molecular weight is 404 g/mol. The van der Waals surface area contributed by atoms with E-state index in [0.29, 0.717) is 41.7 Å². The Balaban J connectivity index is 1.63. The first-order chi connectivity index (χ1) is 14.0. The van der Waals surface area contributed by atoms with Crippen LogP contribution < -0.4 is 4.74 Å². The first-order valence-electron chi connectivity index (χ1n) is 10.6. The van der Waals surface area contributed by atoms with Crippen molar-refractivity contribution in [3.8, 4) is 11.5 Å². The van der Waals surface area contributed by atoms with Crippen LogP contribution in [0.1, 0.15) is 74.1 Å². The predicted octanol–water partition coefficient (Wildman–Crippen LogP) is 6.82. The minimum atomic E-state index is -1.03. The van der Waals surface area contributed by atoms with Gasteiger partial charge in [0.05, 0.1) is 12.7 Å². The summed E-state index contributed by atoms with van der Waals surface area (Å²) in [6, 6.07) is 5.27. The van der Waals surface area contributed by atoms with Gasteiger partial charge in [-0.1, -0.05) is 38.8 Å². The van der Waals surface area contributed by atoms with Gasteiger partial charge in [-0.2, -0.15) is 4.39 Å². The summed E-state index contributed by atoms with van der Waals surface area (Å²) < 4.78 is 56.0. The molecule has 0 N–H and O–H groups in total. The summed E-state index contributed by atoms with van der Waals surface area (Å²) in [5.74, 6) is -2.74. The van der Waals surface area contributed by atoms with E-state index in [9.17, 15) is 13.2 Å². The first-order valence-corrected chi connectivity index (χ1v) is 10.6. The van der Waals surface area contributed by atoms with Gasteiger partial charge in [0.15, 0.2) is 23.1 Å². The van der Waals surface area contributed by atoms with Gasteiger partial charge in [-0.15, -0.1) is 0 Å².